The number of rotatable bonds is 6. The van der Waals surface area contributed by atoms with Crippen LogP contribution in [0.4, 0.5) is 4.79 Å². The van der Waals surface area contributed by atoms with Crippen LogP contribution in [0, 0.1) is 0 Å². The summed E-state index contributed by atoms with van der Waals surface area (Å²) in [6.07, 6.45) is 4.13. The number of amides is 2. The van der Waals surface area contributed by atoms with Gasteiger partial charge in [-0.3, -0.25) is 0 Å². The monoisotopic (exact) mass is 262 g/mol. The number of ether oxygens (including phenoxy) is 1. The summed E-state index contributed by atoms with van der Waals surface area (Å²) in [7, 11) is 1.67. The van der Waals surface area contributed by atoms with Crippen LogP contribution in [0.3, 0.4) is 0 Å². The Hall–Kier alpha value is -1.71. The molecule has 1 aliphatic carbocycles. The molecule has 0 bridgehead atoms. The summed E-state index contributed by atoms with van der Waals surface area (Å²) in [5, 5.41) is 5.90. The van der Waals surface area contributed by atoms with Gasteiger partial charge in [-0.1, -0.05) is 12.1 Å². The van der Waals surface area contributed by atoms with Crippen LogP contribution < -0.4 is 15.4 Å². The van der Waals surface area contributed by atoms with E-state index in [0.717, 1.165) is 31.4 Å². The Balaban J connectivity index is 1.69. The van der Waals surface area contributed by atoms with E-state index in [-0.39, 0.29) is 12.1 Å². The lowest BCUT2D eigenvalue weighted by molar-refractivity contribution is 0.237. The first-order valence-electron chi connectivity index (χ1n) is 6.87. The van der Waals surface area contributed by atoms with Crippen LogP contribution in [0.15, 0.2) is 24.3 Å². The fourth-order valence-corrected chi connectivity index (χ4v) is 1.93. The summed E-state index contributed by atoms with van der Waals surface area (Å²) in [6, 6.07) is 8.62. The second kappa shape index (κ2) is 6.45. The Morgan fingerprint density at radius 3 is 2.63 bits per heavy atom. The average Bonchev–Trinajstić information content (AvgIpc) is 3.20. The molecule has 0 heterocycles. The van der Waals surface area contributed by atoms with Gasteiger partial charge in [-0.25, -0.2) is 4.79 Å². The first-order valence-corrected chi connectivity index (χ1v) is 6.87. The van der Waals surface area contributed by atoms with Gasteiger partial charge in [0.05, 0.1) is 7.11 Å². The number of nitrogens with one attached hydrogen (secondary N) is 2. The van der Waals surface area contributed by atoms with Gasteiger partial charge in [-0.2, -0.15) is 0 Å². The first-order chi connectivity index (χ1) is 9.17. The fourth-order valence-electron chi connectivity index (χ4n) is 1.93. The summed E-state index contributed by atoms with van der Waals surface area (Å²) >= 11 is 0. The van der Waals surface area contributed by atoms with Crippen molar-refractivity contribution in [3.63, 3.8) is 0 Å². The first kappa shape index (κ1) is 13.7. The van der Waals surface area contributed by atoms with Crippen LogP contribution in [0.1, 0.15) is 31.7 Å². The fraction of sp³-hybridized carbons (Fsp3) is 0.533. The Morgan fingerprint density at radius 1 is 1.37 bits per heavy atom. The average molecular weight is 262 g/mol. The van der Waals surface area contributed by atoms with E-state index in [1.807, 2.05) is 19.1 Å². The smallest absolute Gasteiger partial charge is 0.315 e. The van der Waals surface area contributed by atoms with Crippen molar-refractivity contribution in [2.24, 2.45) is 0 Å². The largest absolute Gasteiger partial charge is 0.497 e. The quantitative estimate of drug-likeness (QED) is 0.827. The molecule has 1 aliphatic rings. The van der Waals surface area contributed by atoms with Gasteiger partial charge in [-0.05, 0) is 50.3 Å². The van der Waals surface area contributed by atoms with Gasteiger partial charge in [0.2, 0.25) is 0 Å². The van der Waals surface area contributed by atoms with Crippen molar-refractivity contribution in [2.45, 2.75) is 44.7 Å². The Morgan fingerprint density at radius 2 is 2.05 bits per heavy atom. The second-order valence-corrected chi connectivity index (χ2v) is 5.18. The highest BCUT2D eigenvalue weighted by atomic mass is 16.5. The molecule has 0 radical (unpaired) electrons. The third-order valence-electron chi connectivity index (χ3n) is 3.32. The number of aryl methyl sites for hydroxylation is 1. The van der Waals surface area contributed by atoms with E-state index < -0.39 is 0 Å². The lowest BCUT2D eigenvalue weighted by Gasteiger charge is -2.14. The summed E-state index contributed by atoms with van der Waals surface area (Å²) in [5.74, 6) is 0.874. The van der Waals surface area contributed by atoms with E-state index in [2.05, 4.69) is 22.8 Å². The van der Waals surface area contributed by atoms with Gasteiger partial charge in [0.25, 0.3) is 0 Å². The zero-order valence-corrected chi connectivity index (χ0v) is 11.6. The van der Waals surface area contributed by atoms with Crippen molar-refractivity contribution in [1.29, 1.82) is 0 Å². The molecule has 19 heavy (non-hydrogen) atoms. The Bertz CT molecular complexity index is 413. The number of hydrogen-bond donors (Lipinski definition) is 2. The Labute approximate surface area is 114 Å². The number of urea groups is 1. The molecular formula is C15H22N2O2. The van der Waals surface area contributed by atoms with Crippen molar-refractivity contribution in [3.05, 3.63) is 29.8 Å². The van der Waals surface area contributed by atoms with Crippen LogP contribution in [-0.4, -0.2) is 25.2 Å². The molecule has 1 unspecified atom stereocenters. The van der Waals surface area contributed by atoms with E-state index in [9.17, 15) is 4.79 Å². The highest BCUT2D eigenvalue weighted by molar-refractivity contribution is 5.74. The molecule has 2 rings (SSSR count). The highest BCUT2D eigenvalue weighted by Crippen LogP contribution is 2.18. The third-order valence-corrected chi connectivity index (χ3v) is 3.32. The van der Waals surface area contributed by atoms with Crippen molar-refractivity contribution < 1.29 is 9.53 Å². The molecule has 4 heteroatoms. The zero-order valence-electron chi connectivity index (χ0n) is 11.6. The van der Waals surface area contributed by atoms with E-state index in [1.165, 1.54) is 5.56 Å². The van der Waals surface area contributed by atoms with Gasteiger partial charge < -0.3 is 15.4 Å². The van der Waals surface area contributed by atoms with Crippen molar-refractivity contribution in [1.82, 2.24) is 10.6 Å². The molecule has 1 saturated carbocycles. The number of carbonyl (C=O) groups is 1. The number of carbonyl (C=O) groups excluding carboxylic acids is 1. The maximum Gasteiger partial charge on any atom is 0.315 e. The molecule has 1 aromatic rings. The summed E-state index contributed by atoms with van der Waals surface area (Å²) in [6.45, 7) is 2.04. The molecule has 104 valence electrons. The van der Waals surface area contributed by atoms with Crippen molar-refractivity contribution in [3.8, 4) is 5.75 Å². The number of benzene rings is 1. The summed E-state index contributed by atoms with van der Waals surface area (Å²) in [5.41, 5.74) is 1.26. The predicted molar refractivity (Wildman–Crippen MR) is 75.5 cm³/mol. The minimum absolute atomic E-state index is 0.0373. The zero-order chi connectivity index (χ0) is 13.7. The molecule has 2 amide bonds. The van der Waals surface area contributed by atoms with E-state index in [4.69, 9.17) is 4.74 Å². The van der Waals surface area contributed by atoms with E-state index in [1.54, 1.807) is 7.11 Å². The van der Waals surface area contributed by atoms with Crippen molar-refractivity contribution in [2.75, 3.05) is 7.11 Å². The molecule has 1 aromatic carbocycles. The molecule has 1 atom stereocenters. The van der Waals surface area contributed by atoms with Gasteiger partial charge in [0, 0.05) is 12.1 Å². The topological polar surface area (TPSA) is 50.4 Å². The normalized spacial score (nSPS) is 15.7. The van der Waals surface area contributed by atoms with Crippen LogP contribution in [0.25, 0.3) is 0 Å². The molecule has 0 aliphatic heterocycles. The molecular weight excluding hydrogens is 240 g/mol. The molecule has 4 nitrogen and oxygen atoms in total. The third kappa shape index (κ3) is 4.81. The molecule has 1 fully saturated rings. The minimum Gasteiger partial charge on any atom is -0.497 e. The van der Waals surface area contributed by atoms with Crippen molar-refractivity contribution >= 4 is 6.03 Å². The molecule has 0 spiro atoms. The standard InChI is InChI=1S/C15H22N2O2/c1-11(16-15(18)17-13-7-8-13)3-4-12-5-9-14(19-2)10-6-12/h5-6,9-11,13H,3-4,7-8H2,1-2H3,(H2,16,17,18). The van der Waals surface area contributed by atoms with Crippen LogP contribution in [-0.2, 0) is 6.42 Å². The van der Waals surface area contributed by atoms with Gasteiger partial charge in [0.15, 0.2) is 0 Å². The van der Waals surface area contributed by atoms with E-state index >= 15 is 0 Å². The predicted octanol–water partition coefficient (Wildman–Crippen LogP) is 2.48. The Kier molecular flexibility index (Phi) is 4.66. The molecule has 0 saturated heterocycles. The lowest BCUT2D eigenvalue weighted by atomic mass is 10.1. The number of hydrogen-bond acceptors (Lipinski definition) is 2. The van der Waals surface area contributed by atoms with E-state index in [0.29, 0.717) is 6.04 Å². The van der Waals surface area contributed by atoms with Crippen LogP contribution in [0.2, 0.25) is 0 Å². The lowest BCUT2D eigenvalue weighted by Crippen LogP contribution is -2.41. The minimum atomic E-state index is -0.0373. The number of methoxy groups -OCH3 is 1. The van der Waals surface area contributed by atoms with Gasteiger partial charge in [-0.15, -0.1) is 0 Å². The molecule has 0 aromatic heterocycles. The summed E-state index contributed by atoms with van der Waals surface area (Å²) in [4.78, 5) is 11.6. The second-order valence-electron chi connectivity index (χ2n) is 5.18. The maximum absolute atomic E-state index is 11.6. The highest BCUT2D eigenvalue weighted by Gasteiger charge is 2.23. The van der Waals surface area contributed by atoms with Gasteiger partial charge in [0.1, 0.15) is 5.75 Å². The van der Waals surface area contributed by atoms with Crippen LogP contribution >= 0.6 is 0 Å². The maximum atomic E-state index is 11.6. The molecule has 2 N–H and O–H groups in total. The summed E-state index contributed by atoms with van der Waals surface area (Å²) < 4.78 is 5.12. The van der Waals surface area contributed by atoms with Crippen LogP contribution in [0.5, 0.6) is 5.75 Å². The van der Waals surface area contributed by atoms with Gasteiger partial charge >= 0.3 is 6.03 Å². The SMILES string of the molecule is COc1ccc(CCC(C)NC(=O)NC2CC2)cc1.